The minimum absolute atomic E-state index is 0.196. The van der Waals surface area contributed by atoms with Gasteiger partial charge in [-0.05, 0) is 19.1 Å². The Kier molecular flexibility index (Phi) is 2.26. The van der Waals surface area contributed by atoms with Gasteiger partial charge >= 0.3 is 0 Å². The molecule has 5 heteroatoms. The molecule has 0 unspecified atom stereocenters. The summed E-state index contributed by atoms with van der Waals surface area (Å²) in [6.07, 6.45) is 0. The van der Waals surface area contributed by atoms with Crippen molar-refractivity contribution in [1.82, 2.24) is 15.0 Å². The molecule has 0 spiro atoms. The first-order valence-corrected chi connectivity index (χ1v) is 6.03. The second kappa shape index (κ2) is 3.78. The number of nitrogens with one attached hydrogen (secondary N) is 1. The Bertz CT molecular complexity index is 745. The maximum Gasteiger partial charge on any atom is 0.277 e. The maximum absolute atomic E-state index is 11.9. The number of hydrogen-bond donors (Lipinski definition) is 1. The summed E-state index contributed by atoms with van der Waals surface area (Å²) in [7, 11) is 0. The predicted octanol–water partition coefficient (Wildman–Crippen LogP) is 2.36. The number of fused-ring (bicyclic) bond motifs is 1. The first-order chi connectivity index (χ1) is 8.24. The molecule has 0 bridgehead atoms. The Balaban J connectivity index is 2.30. The molecule has 84 valence electrons. The Morgan fingerprint density at radius 2 is 2.06 bits per heavy atom. The number of aryl methyl sites for hydroxylation is 1. The van der Waals surface area contributed by atoms with Crippen LogP contribution in [0.1, 0.15) is 5.69 Å². The number of para-hydroxylation sites is 2. The van der Waals surface area contributed by atoms with E-state index in [-0.39, 0.29) is 5.56 Å². The predicted molar refractivity (Wildman–Crippen MR) is 68.2 cm³/mol. The number of aromatic nitrogens is 3. The van der Waals surface area contributed by atoms with Crippen molar-refractivity contribution in [2.24, 2.45) is 0 Å². The van der Waals surface area contributed by atoms with Gasteiger partial charge in [0.05, 0.1) is 11.0 Å². The van der Waals surface area contributed by atoms with Gasteiger partial charge in [-0.3, -0.25) is 4.79 Å². The van der Waals surface area contributed by atoms with E-state index in [4.69, 9.17) is 0 Å². The molecule has 0 fully saturated rings. The third-order valence-corrected chi connectivity index (χ3v) is 3.39. The molecule has 2 heterocycles. The lowest BCUT2D eigenvalue weighted by Crippen LogP contribution is -2.11. The third kappa shape index (κ3) is 1.74. The maximum atomic E-state index is 11.9. The van der Waals surface area contributed by atoms with Crippen molar-refractivity contribution < 1.29 is 0 Å². The molecule has 0 radical (unpaired) electrons. The second-order valence-corrected chi connectivity index (χ2v) is 4.58. The van der Waals surface area contributed by atoms with Gasteiger partial charge in [0.15, 0.2) is 5.69 Å². The Hall–Kier alpha value is -2.01. The first-order valence-electron chi connectivity index (χ1n) is 5.15. The van der Waals surface area contributed by atoms with Gasteiger partial charge < -0.3 is 4.98 Å². The van der Waals surface area contributed by atoms with Crippen LogP contribution in [0.4, 0.5) is 0 Å². The van der Waals surface area contributed by atoms with Crippen LogP contribution in [-0.4, -0.2) is 15.0 Å². The molecule has 0 aliphatic rings. The SMILES string of the molecule is Cc1csc(-c2nc3ccccc3[nH]c2=O)n1. The van der Waals surface area contributed by atoms with E-state index in [9.17, 15) is 4.79 Å². The fraction of sp³-hybridized carbons (Fsp3) is 0.0833. The molecule has 1 N–H and O–H groups in total. The molecule has 4 nitrogen and oxygen atoms in total. The summed E-state index contributed by atoms with van der Waals surface area (Å²) in [5, 5.41) is 2.57. The van der Waals surface area contributed by atoms with Gasteiger partial charge in [-0.25, -0.2) is 9.97 Å². The average molecular weight is 243 g/mol. The zero-order valence-electron chi connectivity index (χ0n) is 9.10. The van der Waals surface area contributed by atoms with Crippen molar-refractivity contribution in [1.29, 1.82) is 0 Å². The van der Waals surface area contributed by atoms with Crippen LogP contribution in [-0.2, 0) is 0 Å². The highest BCUT2D eigenvalue weighted by atomic mass is 32.1. The van der Waals surface area contributed by atoms with Gasteiger partial charge in [0, 0.05) is 11.1 Å². The van der Waals surface area contributed by atoms with Gasteiger partial charge in [-0.1, -0.05) is 12.1 Å². The van der Waals surface area contributed by atoms with Gasteiger partial charge in [-0.15, -0.1) is 11.3 Å². The molecule has 0 aliphatic carbocycles. The molecule has 3 rings (SSSR count). The van der Waals surface area contributed by atoms with Crippen molar-refractivity contribution >= 4 is 22.4 Å². The van der Waals surface area contributed by atoms with E-state index in [1.54, 1.807) is 0 Å². The number of benzene rings is 1. The van der Waals surface area contributed by atoms with Crippen LogP contribution in [0.2, 0.25) is 0 Å². The molecule has 1 aromatic carbocycles. The standard InChI is InChI=1S/C12H9N3OS/c1-7-6-17-12(13-7)10-11(16)15-9-5-3-2-4-8(9)14-10/h2-6H,1H3,(H,15,16). The fourth-order valence-corrected chi connectivity index (χ4v) is 2.42. The highest BCUT2D eigenvalue weighted by Crippen LogP contribution is 2.19. The topological polar surface area (TPSA) is 58.6 Å². The molecule has 0 atom stereocenters. The molecule has 0 amide bonds. The van der Waals surface area contributed by atoms with Gasteiger partial charge in [0.1, 0.15) is 5.01 Å². The minimum Gasteiger partial charge on any atom is -0.319 e. The lowest BCUT2D eigenvalue weighted by atomic mass is 10.3. The fourth-order valence-electron chi connectivity index (χ4n) is 1.64. The quantitative estimate of drug-likeness (QED) is 0.713. The third-order valence-electron chi connectivity index (χ3n) is 2.42. The minimum atomic E-state index is -0.196. The molecule has 2 aromatic heterocycles. The summed E-state index contributed by atoms with van der Waals surface area (Å²) < 4.78 is 0. The van der Waals surface area contributed by atoms with Gasteiger partial charge in [-0.2, -0.15) is 0 Å². The Morgan fingerprint density at radius 1 is 1.24 bits per heavy atom. The second-order valence-electron chi connectivity index (χ2n) is 3.73. The largest absolute Gasteiger partial charge is 0.319 e. The number of thiazole rings is 1. The Labute approximate surface area is 101 Å². The van der Waals surface area contributed by atoms with Gasteiger partial charge in [0.25, 0.3) is 5.56 Å². The van der Waals surface area contributed by atoms with E-state index in [0.717, 1.165) is 16.7 Å². The zero-order chi connectivity index (χ0) is 11.8. The summed E-state index contributed by atoms with van der Waals surface area (Å²) >= 11 is 1.43. The number of aromatic amines is 1. The number of nitrogens with zero attached hydrogens (tertiary/aromatic N) is 2. The van der Waals surface area contributed by atoms with E-state index in [1.807, 2.05) is 36.6 Å². The van der Waals surface area contributed by atoms with Crippen molar-refractivity contribution in [3.63, 3.8) is 0 Å². The molecule has 0 saturated heterocycles. The zero-order valence-corrected chi connectivity index (χ0v) is 9.91. The van der Waals surface area contributed by atoms with E-state index in [1.165, 1.54) is 11.3 Å². The number of rotatable bonds is 1. The van der Waals surface area contributed by atoms with Gasteiger partial charge in [0.2, 0.25) is 0 Å². The van der Waals surface area contributed by atoms with Crippen LogP contribution in [0.3, 0.4) is 0 Å². The first kappa shape index (κ1) is 10.2. The van der Waals surface area contributed by atoms with Crippen molar-refractivity contribution in [2.45, 2.75) is 6.92 Å². The summed E-state index contributed by atoms with van der Waals surface area (Å²) in [5.41, 5.74) is 2.61. The van der Waals surface area contributed by atoms with Crippen molar-refractivity contribution in [3.8, 4) is 10.7 Å². The van der Waals surface area contributed by atoms with Crippen LogP contribution in [0.25, 0.3) is 21.7 Å². The Morgan fingerprint density at radius 3 is 2.82 bits per heavy atom. The summed E-state index contributed by atoms with van der Waals surface area (Å²) in [4.78, 5) is 23.4. The molecular formula is C12H9N3OS. The summed E-state index contributed by atoms with van der Waals surface area (Å²) in [6.45, 7) is 1.90. The van der Waals surface area contributed by atoms with Crippen molar-refractivity contribution in [3.05, 3.63) is 45.7 Å². The van der Waals surface area contributed by atoms with Crippen LogP contribution in [0.15, 0.2) is 34.4 Å². The van der Waals surface area contributed by atoms with E-state index in [2.05, 4.69) is 15.0 Å². The monoisotopic (exact) mass is 243 g/mol. The smallest absolute Gasteiger partial charge is 0.277 e. The lowest BCUT2D eigenvalue weighted by molar-refractivity contribution is 1.19. The van der Waals surface area contributed by atoms with E-state index < -0.39 is 0 Å². The van der Waals surface area contributed by atoms with E-state index >= 15 is 0 Å². The normalized spacial score (nSPS) is 10.9. The van der Waals surface area contributed by atoms with Crippen LogP contribution in [0, 0.1) is 6.92 Å². The van der Waals surface area contributed by atoms with Crippen molar-refractivity contribution in [2.75, 3.05) is 0 Å². The molecule has 0 saturated carbocycles. The molecule has 3 aromatic rings. The molecule has 17 heavy (non-hydrogen) atoms. The van der Waals surface area contributed by atoms with E-state index in [0.29, 0.717) is 10.7 Å². The molecule has 0 aliphatic heterocycles. The summed E-state index contributed by atoms with van der Waals surface area (Å²) in [6, 6.07) is 7.47. The molecular weight excluding hydrogens is 234 g/mol. The van der Waals surface area contributed by atoms with Crippen LogP contribution < -0.4 is 5.56 Å². The number of hydrogen-bond acceptors (Lipinski definition) is 4. The lowest BCUT2D eigenvalue weighted by Gasteiger charge is -1.99. The van der Waals surface area contributed by atoms with Crippen LogP contribution >= 0.6 is 11.3 Å². The number of H-pyrrole nitrogens is 1. The highest BCUT2D eigenvalue weighted by molar-refractivity contribution is 7.13. The summed E-state index contributed by atoms with van der Waals surface area (Å²) in [5.74, 6) is 0. The highest BCUT2D eigenvalue weighted by Gasteiger charge is 2.10. The average Bonchev–Trinajstić information content (AvgIpc) is 2.75. The van der Waals surface area contributed by atoms with Crippen LogP contribution in [0.5, 0.6) is 0 Å².